The lowest BCUT2D eigenvalue weighted by molar-refractivity contribution is 0.0570. The molecule has 0 amide bonds. The van der Waals surface area contributed by atoms with Gasteiger partial charge in [-0.3, -0.25) is 14.9 Å². The number of allylic oxidation sites excluding steroid dienone is 3. The molecule has 0 aliphatic carbocycles. The Labute approximate surface area is 286 Å². The number of nitriles is 1. The molecule has 1 atom stereocenters. The molecule has 1 aromatic heterocycles. The SMILES string of the molecule is C=C(/C=C\C(Cl)=C/C)[C@H](Nc1cc(Cl)c2ncc(C#N)c(Nc3cccc(Cl)c3)c2c1)C1=CN(C2CCN(C(C)(C)C)CC2)NN1. The summed E-state index contributed by atoms with van der Waals surface area (Å²) in [5.41, 5.74) is 11.6. The number of anilines is 3. The van der Waals surface area contributed by atoms with E-state index in [9.17, 15) is 5.26 Å². The number of rotatable bonds is 9. The number of hydrogen-bond donors (Lipinski definition) is 4. The lowest BCUT2D eigenvalue weighted by Crippen LogP contribution is -2.52. The molecule has 3 aromatic rings. The standard InChI is InChI=1S/C35H39Cl3N8/c1-6-24(36)11-10-22(2)32(31-21-46(44-43-31)28-12-14-45(15-13-28)35(3,4)5)42-27-17-29-33(41-26-9-7-8-25(37)16-26)23(19-39)20-40-34(29)30(38)18-27/h6-11,16-18,20-21,28,32,42-44H,2,12-15H2,1,3-5H3,(H,40,41)/b11-10-,24-6+/t32-/m0/s1. The second kappa shape index (κ2) is 14.4. The van der Waals surface area contributed by atoms with Gasteiger partial charge in [-0.05, 0) is 82.5 Å². The maximum absolute atomic E-state index is 9.95. The summed E-state index contributed by atoms with van der Waals surface area (Å²) in [6, 6.07) is 13.3. The molecule has 2 aromatic carbocycles. The van der Waals surface area contributed by atoms with Crippen molar-refractivity contribution in [2.45, 2.75) is 58.2 Å². The first-order chi connectivity index (χ1) is 22.0. The van der Waals surface area contributed by atoms with Gasteiger partial charge in [0.15, 0.2) is 0 Å². The van der Waals surface area contributed by atoms with E-state index in [0.717, 1.165) is 48.6 Å². The zero-order valence-corrected chi connectivity index (χ0v) is 28.7. The molecule has 8 nitrogen and oxygen atoms in total. The van der Waals surface area contributed by atoms with Crippen molar-refractivity contribution in [2.75, 3.05) is 23.7 Å². The number of piperidine rings is 1. The van der Waals surface area contributed by atoms with Crippen molar-refractivity contribution in [1.82, 2.24) is 25.9 Å². The molecule has 11 heteroatoms. The number of benzene rings is 2. The maximum Gasteiger partial charge on any atom is 0.103 e. The van der Waals surface area contributed by atoms with E-state index < -0.39 is 0 Å². The highest BCUT2D eigenvalue weighted by atomic mass is 35.5. The molecule has 0 bridgehead atoms. The zero-order valence-electron chi connectivity index (χ0n) is 26.5. The fraction of sp³-hybridized carbons (Fsp3) is 0.314. The number of pyridine rings is 1. The van der Waals surface area contributed by atoms with Crippen molar-refractivity contribution in [3.63, 3.8) is 0 Å². The van der Waals surface area contributed by atoms with Crippen molar-refractivity contribution >= 4 is 62.8 Å². The molecular formula is C35H39Cl3N8. The van der Waals surface area contributed by atoms with Crippen LogP contribution in [0, 0.1) is 11.3 Å². The van der Waals surface area contributed by atoms with Crippen LogP contribution in [0.5, 0.6) is 0 Å². The van der Waals surface area contributed by atoms with Crippen molar-refractivity contribution in [3.8, 4) is 6.07 Å². The molecule has 1 fully saturated rings. The van der Waals surface area contributed by atoms with Gasteiger partial charge in [0.25, 0.3) is 0 Å². The molecule has 1 saturated heterocycles. The average Bonchev–Trinajstić information content (AvgIpc) is 3.52. The van der Waals surface area contributed by atoms with Crippen molar-refractivity contribution in [1.29, 1.82) is 5.26 Å². The van der Waals surface area contributed by atoms with Gasteiger partial charge in [0.05, 0.1) is 33.5 Å². The first kappa shape index (κ1) is 33.6. The largest absolute Gasteiger partial charge is 0.373 e. The average molecular weight is 678 g/mol. The predicted octanol–water partition coefficient (Wildman–Crippen LogP) is 8.62. The summed E-state index contributed by atoms with van der Waals surface area (Å²) < 4.78 is 0. The van der Waals surface area contributed by atoms with Crippen LogP contribution in [0.2, 0.25) is 10.0 Å². The first-order valence-corrected chi connectivity index (χ1v) is 16.4. The molecule has 0 saturated carbocycles. The van der Waals surface area contributed by atoms with E-state index in [4.69, 9.17) is 34.8 Å². The monoisotopic (exact) mass is 676 g/mol. The Morgan fingerprint density at radius 2 is 1.91 bits per heavy atom. The van der Waals surface area contributed by atoms with E-state index in [1.54, 1.807) is 12.1 Å². The normalized spacial score (nSPS) is 17.1. The van der Waals surface area contributed by atoms with Gasteiger partial charge >= 0.3 is 0 Å². The first-order valence-electron chi connectivity index (χ1n) is 15.2. The second-order valence-corrected chi connectivity index (χ2v) is 13.7. The second-order valence-electron chi connectivity index (χ2n) is 12.4. The third-order valence-corrected chi connectivity index (χ3v) is 9.15. The van der Waals surface area contributed by atoms with Gasteiger partial charge in [-0.15, -0.1) is 5.53 Å². The smallest absolute Gasteiger partial charge is 0.103 e. The molecular weight excluding hydrogens is 639 g/mol. The van der Waals surface area contributed by atoms with Crippen LogP contribution in [-0.4, -0.2) is 45.6 Å². The topological polar surface area (TPSA) is 91.3 Å². The minimum atomic E-state index is -0.366. The van der Waals surface area contributed by atoms with E-state index >= 15 is 0 Å². The predicted molar refractivity (Wildman–Crippen MR) is 192 cm³/mol. The van der Waals surface area contributed by atoms with Gasteiger partial charge in [0.1, 0.15) is 6.07 Å². The number of nitrogens with zero attached hydrogens (tertiary/aromatic N) is 4. The van der Waals surface area contributed by atoms with Gasteiger partial charge < -0.3 is 16.1 Å². The van der Waals surface area contributed by atoms with E-state index in [1.807, 2.05) is 49.4 Å². The molecule has 0 spiro atoms. The quantitative estimate of drug-likeness (QED) is 0.167. The van der Waals surface area contributed by atoms with Crippen molar-refractivity contribution in [2.24, 2.45) is 0 Å². The number of aromatic nitrogens is 1. The van der Waals surface area contributed by atoms with Crippen LogP contribution in [-0.2, 0) is 0 Å². The van der Waals surface area contributed by atoms with Gasteiger partial charge in [0.2, 0.25) is 0 Å². The summed E-state index contributed by atoms with van der Waals surface area (Å²) in [4.78, 5) is 7.04. The van der Waals surface area contributed by atoms with Crippen LogP contribution in [0.1, 0.15) is 46.1 Å². The summed E-state index contributed by atoms with van der Waals surface area (Å²) in [6.07, 6.45) is 11.3. The third-order valence-electron chi connectivity index (χ3n) is 8.28. The van der Waals surface area contributed by atoms with Gasteiger partial charge in [0, 0.05) is 63.9 Å². The minimum absolute atomic E-state index is 0.157. The summed E-state index contributed by atoms with van der Waals surface area (Å²) in [5.74, 6) is 0. The zero-order chi connectivity index (χ0) is 33.0. The molecule has 5 rings (SSSR count). The van der Waals surface area contributed by atoms with Crippen LogP contribution in [0.3, 0.4) is 0 Å². The van der Waals surface area contributed by atoms with Crippen molar-refractivity contribution in [3.05, 3.63) is 106 Å². The number of halogens is 3. The molecule has 2 aliphatic heterocycles. The number of hydrazine groups is 2. The molecule has 4 N–H and O–H groups in total. The number of fused-ring (bicyclic) bond motifs is 1. The molecule has 3 heterocycles. The Kier molecular flexibility index (Phi) is 10.5. The lowest BCUT2D eigenvalue weighted by Gasteiger charge is -2.42. The van der Waals surface area contributed by atoms with Gasteiger partial charge in [-0.2, -0.15) is 5.26 Å². The third kappa shape index (κ3) is 7.80. The fourth-order valence-electron chi connectivity index (χ4n) is 5.69. The Hall–Kier alpha value is -3.71. The summed E-state index contributed by atoms with van der Waals surface area (Å²) in [7, 11) is 0. The Bertz CT molecular complexity index is 1740. The van der Waals surface area contributed by atoms with Gasteiger partial charge in [-0.1, -0.05) is 59.6 Å². The van der Waals surface area contributed by atoms with E-state index in [-0.39, 0.29) is 11.6 Å². The van der Waals surface area contributed by atoms with Crippen LogP contribution in [0.25, 0.3) is 10.9 Å². The molecule has 2 aliphatic rings. The van der Waals surface area contributed by atoms with Crippen LogP contribution in [0.4, 0.5) is 17.1 Å². The van der Waals surface area contributed by atoms with Crippen LogP contribution < -0.4 is 21.6 Å². The Morgan fingerprint density at radius 1 is 1.15 bits per heavy atom. The summed E-state index contributed by atoms with van der Waals surface area (Å²) >= 11 is 19.4. The maximum atomic E-state index is 9.95. The van der Waals surface area contributed by atoms with Gasteiger partial charge in [-0.25, -0.2) is 0 Å². The highest BCUT2D eigenvalue weighted by Gasteiger charge is 2.32. The molecule has 0 unspecified atom stereocenters. The van der Waals surface area contributed by atoms with E-state index in [0.29, 0.717) is 43.3 Å². The van der Waals surface area contributed by atoms with E-state index in [2.05, 4.69) is 76.1 Å². The van der Waals surface area contributed by atoms with Crippen LogP contribution >= 0.6 is 34.8 Å². The highest BCUT2D eigenvalue weighted by molar-refractivity contribution is 6.36. The molecule has 0 radical (unpaired) electrons. The Morgan fingerprint density at radius 3 is 2.59 bits per heavy atom. The van der Waals surface area contributed by atoms with Crippen LogP contribution in [0.15, 0.2) is 89.9 Å². The fourth-order valence-corrected chi connectivity index (χ4v) is 6.21. The highest BCUT2D eigenvalue weighted by Crippen LogP contribution is 2.36. The minimum Gasteiger partial charge on any atom is -0.373 e. The number of hydrogen-bond acceptors (Lipinski definition) is 8. The number of nitrogens with one attached hydrogen (secondary N) is 4. The van der Waals surface area contributed by atoms with E-state index in [1.165, 1.54) is 6.20 Å². The Balaban J connectivity index is 1.48. The lowest BCUT2D eigenvalue weighted by atomic mass is 9.98. The number of likely N-dealkylation sites (tertiary alicyclic amines) is 1. The summed E-state index contributed by atoms with van der Waals surface area (Å²) in [5, 5.41) is 21.4. The van der Waals surface area contributed by atoms with Crippen molar-refractivity contribution < 1.29 is 0 Å². The molecule has 46 heavy (non-hydrogen) atoms. The summed E-state index contributed by atoms with van der Waals surface area (Å²) in [6.45, 7) is 15.1. The molecule has 240 valence electrons.